The average molecular weight is 275 g/mol. The molecule has 18 heavy (non-hydrogen) atoms. The molecule has 6 heteroatoms. The summed E-state index contributed by atoms with van der Waals surface area (Å²) in [6.07, 6.45) is 0. The fraction of sp³-hybridized carbons (Fsp3) is 0.417. The van der Waals surface area contributed by atoms with E-state index in [9.17, 15) is 13.6 Å². The number of carboxylic acids is 1. The Balaban J connectivity index is 2.69. The standard InChI is InChI=1S/C12H15F2NO2S/c1-12(2,10(15)11(16)17)18-6-7-3-4-8(13)9(14)5-7/h3-5,10H,6,15H2,1-2H3,(H,16,17)/t10-/m0/s1. The zero-order valence-electron chi connectivity index (χ0n) is 10.1. The molecule has 0 aliphatic heterocycles. The van der Waals surface area contributed by atoms with Crippen LogP contribution in [0.15, 0.2) is 18.2 Å². The lowest BCUT2D eigenvalue weighted by atomic mass is 10.1. The maximum absolute atomic E-state index is 13.0. The second kappa shape index (κ2) is 5.67. The molecule has 0 radical (unpaired) electrons. The van der Waals surface area contributed by atoms with Gasteiger partial charge in [0, 0.05) is 10.5 Å². The Morgan fingerprint density at radius 1 is 1.44 bits per heavy atom. The average Bonchev–Trinajstić information content (AvgIpc) is 2.29. The Hall–Kier alpha value is -1.14. The van der Waals surface area contributed by atoms with Gasteiger partial charge in [-0.15, -0.1) is 11.8 Å². The summed E-state index contributed by atoms with van der Waals surface area (Å²) >= 11 is 1.29. The lowest BCUT2D eigenvalue weighted by molar-refractivity contribution is -0.139. The first-order chi connectivity index (χ1) is 8.24. The fourth-order valence-electron chi connectivity index (χ4n) is 1.29. The van der Waals surface area contributed by atoms with E-state index in [1.165, 1.54) is 17.8 Å². The number of nitrogens with two attached hydrogens (primary N) is 1. The lowest BCUT2D eigenvalue weighted by Gasteiger charge is -2.28. The number of hydrogen-bond acceptors (Lipinski definition) is 3. The van der Waals surface area contributed by atoms with Gasteiger partial charge in [-0.1, -0.05) is 6.07 Å². The van der Waals surface area contributed by atoms with Crippen molar-refractivity contribution in [2.75, 3.05) is 0 Å². The highest BCUT2D eigenvalue weighted by Crippen LogP contribution is 2.30. The van der Waals surface area contributed by atoms with E-state index in [-0.39, 0.29) is 0 Å². The molecule has 0 saturated carbocycles. The first-order valence-corrected chi connectivity index (χ1v) is 6.29. The van der Waals surface area contributed by atoms with Crippen LogP contribution in [0.3, 0.4) is 0 Å². The minimum absolute atomic E-state index is 0.366. The molecule has 0 aliphatic rings. The second-order valence-corrected chi connectivity index (χ2v) is 6.09. The lowest BCUT2D eigenvalue weighted by Crippen LogP contribution is -2.46. The third kappa shape index (κ3) is 3.68. The highest BCUT2D eigenvalue weighted by atomic mass is 32.2. The topological polar surface area (TPSA) is 63.3 Å². The van der Waals surface area contributed by atoms with Crippen LogP contribution in [-0.4, -0.2) is 21.9 Å². The normalized spacial score (nSPS) is 13.4. The predicted molar refractivity (Wildman–Crippen MR) is 67.3 cm³/mol. The van der Waals surface area contributed by atoms with Gasteiger partial charge >= 0.3 is 5.97 Å². The second-order valence-electron chi connectivity index (χ2n) is 4.46. The summed E-state index contributed by atoms with van der Waals surface area (Å²) in [5, 5.41) is 8.85. The van der Waals surface area contributed by atoms with Gasteiger partial charge in [0.05, 0.1) is 0 Å². The molecule has 0 bridgehead atoms. The molecule has 0 aliphatic carbocycles. The van der Waals surface area contributed by atoms with E-state index >= 15 is 0 Å². The third-order valence-electron chi connectivity index (χ3n) is 2.61. The summed E-state index contributed by atoms with van der Waals surface area (Å²) in [5.41, 5.74) is 6.15. The maximum atomic E-state index is 13.0. The van der Waals surface area contributed by atoms with Crippen molar-refractivity contribution in [3.8, 4) is 0 Å². The zero-order valence-corrected chi connectivity index (χ0v) is 10.9. The van der Waals surface area contributed by atoms with Crippen molar-refractivity contribution in [1.29, 1.82) is 0 Å². The smallest absolute Gasteiger partial charge is 0.321 e. The molecule has 0 fully saturated rings. The molecule has 1 rings (SSSR count). The molecule has 0 spiro atoms. The van der Waals surface area contributed by atoms with Gasteiger partial charge in [-0.25, -0.2) is 8.78 Å². The van der Waals surface area contributed by atoms with Gasteiger partial charge in [0.15, 0.2) is 11.6 Å². The van der Waals surface area contributed by atoms with E-state index in [1.54, 1.807) is 13.8 Å². The van der Waals surface area contributed by atoms with Crippen LogP contribution >= 0.6 is 11.8 Å². The first kappa shape index (κ1) is 14.9. The van der Waals surface area contributed by atoms with Crippen molar-refractivity contribution in [3.63, 3.8) is 0 Å². The number of halogens is 2. The van der Waals surface area contributed by atoms with E-state index in [2.05, 4.69) is 0 Å². The van der Waals surface area contributed by atoms with Crippen LogP contribution in [-0.2, 0) is 10.5 Å². The van der Waals surface area contributed by atoms with Crippen molar-refractivity contribution >= 4 is 17.7 Å². The minimum Gasteiger partial charge on any atom is -0.480 e. The van der Waals surface area contributed by atoms with Crippen molar-refractivity contribution in [2.24, 2.45) is 5.73 Å². The van der Waals surface area contributed by atoms with Crippen molar-refractivity contribution in [1.82, 2.24) is 0 Å². The number of rotatable bonds is 5. The Labute approximate surface area is 108 Å². The van der Waals surface area contributed by atoms with Crippen LogP contribution in [0, 0.1) is 11.6 Å². The van der Waals surface area contributed by atoms with E-state index in [0.717, 1.165) is 12.1 Å². The Bertz CT molecular complexity index is 452. The highest BCUT2D eigenvalue weighted by Gasteiger charge is 2.32. The molecule has 3 N–H and O–H groups in total. The van der Waals surface area contributed by atoms with Gasteiger partial charge in [0.25, 0.3) is 0 Å². The predicted octanol–water partition coefficient (Wildman–Crippen LogP) is 2.39. The quantitative estimate of drug-likeness (QED) is 0.866. The minimum atomic E-state index is -1.09. The molecule has 100 valence electrons. The van der Waals surface area contributed by atoms with Crippen LogP contribution < -0.4 is 5.73 Å². The highest BCUT2D eigenvalue weighted by molar-refractivity contribution is 7.99. The van der Waals surface area contributed by atoms with Crippen LogP contribution in [0.5, 0.6) is 0 Å². The third-order valence-corrected chi connectivity index (χ3v) is 4.09. The van der Waals surface area contributed by atoms with Gasteiger partial charge in [-0.2, -0.15) is 0 Å². The molecule has 1 aromatic carbocycles. The van der Waals surface area contributed by atoms with Gasteiger partial charge in [0.2, 0.25) is 0 Å². The monoisotopic (exact) mass is 275 g/mol. The SMILES string of the molecule is CC(C)(SCc1ccc(F)c(F)c1)[C@@H](N)C(=O)O. The summed E-state index contributed by atoms with van der Waals surface area (Å²) < 4.78 is 25.0. The van der Waals surface area contributed by atoms with Crippen LogP contribution in [0.2, 0.25) is 0 Å². The number of thioether (sulfide) groups is 1. The first-order valence-electron chi connectivity index (χ1n) is 5.30. The van der Waals surface area contributed by atoms with Gasteiger partial charge in [-0.3, -0.25) is 4.79 Å². The van der Waals surface area contributed by atoms with Gasteiger partial charge in [-0.05, 0) is 31.5 Å². The summed E-state index contributed by atoms with van der Waals surface area (Å²) in [7, 11) is 0. The summed E-state index contributed by atoms with van der Waals surface area (Å²) in [6.45, 7) is 3.41. The molecule has 0 saturated heterocycles. The molecule has 1 atom stereocenters. The van der Waals surface area contributed by atoms with Crippen molar-refractivity contribution in [2.45, 2.75) is 30.4 Å². The number of carboxylic acid groups (broad SMARTS) is 1. The number of benzene rings is 1. The van der Waals surface area contributed by atoms with Crippen LogP contribution in [0.1, 0.15) is 19.4 Å². The zero-order chi connectivity index (χ0) is 13.9. The van der Waals surface area contributed by atoms with Gasteiger partial charge < -0.3 is 10.8 Å². The summed E-state index contributed by atoms with van der Waals surface area (Å²) in [5.74, 6) is -2.53. The Kier molecular flexibility index (Phi) is 4.70. The Morgan fingerprint density at radius 2 is 2.06 bits per heavy atom. The van der Waals surface area contributed by atoms with E-state index in [4.69, 9.17) is 10.8 Å². The van der Waals surface area contributed by atoms with Crippen molar-refractivity contribution in [3.05, 3.63) is 35.4 Å². The maximum Gasteiger partial charge on any atom is 0.321 e. The molecule has 0 aromatic heterocycles. The number of carbonyl (C=O) groups is 1. The number of aliphatic carboxylic acids is 1. The van der Waals surface area contributed by atoms with E-state index in [1.807, 2.05) is 0 Å². The molecule has 0 amide bonds. The molecule has 0 heterocycles. The number of hydrogen-bond donors (Lipinski definition) is 2. The molecular weight excluding hydrogens is 260 g/mol. The molecule has 1 aromatic rings. The van der Waals surface area contributed by atoms with E-state index in [0.29, 0.717) is 11.3 Å². The molecule has 3 nitrogen and oxygen atoms in total. The van der Waals surface area contributed by atoms with Crippen LogP contribution in [0.4, 0.5) is 8.78 Å². The van der Waals surface area contributed by atoms with Gasteiger partial charge in [0.1, 0.15) is 6.04 Å². The fourth-order valence-corrected chi connectivity index (χ4v) is 2.28. The van der Waals surface area contributed by atoms with Crippen molar-refractivity contribution < 1.29 is 18.7 Å². The van der Waals surface area contributed by atoms with E-state index < -0.39 is 28.4 Å². The Morgan fingerprint density at radius 3 is 2.56 bits per heavy atom. The summed E-state index contributed by atoms with van der Waals surface area (Å²) in [4.78, 5) is 10.8. The molecular formula is C12H15F2NO2S. The summed E-state index contributed by atoms with van der Waals surface area (Å²) in [6, 6.07) is 2.60. The molecule has 0 unspecified atom stereocenters. The largest absolute Gasteiger partial charge is 0.480 e. The van der Waals surface area contributed by atoms with Crippen LogP contribution in [0.25, 0.3) is 0 Å².